The lowest BCUT2D eigenvalue weighted by atomic mass is 10.1. The Morgan fingerprint density at radius 1 is 0.882 bits per heavy atom. The summed E-state index contributed by atoms with van der Waals surface area (Å²) in [5.41, 5.74) is 2.55. The Kier molecular flexibility index (Phi) is 6.18. The third kappa shape index (κ3) is 5.41. The van der Waals surface area contributed by atoms with Crippen LogP contribution in [0.15, 0.2) is 64.8 Å². The van der Waals surface area contributed by atoms with Gasteiger partial charge in [0.05, 0.1) is 16.6 Å². The Morgan fingerprint density at radius 3 is 1.41 bits per heavy atom. The molecule has 2 aromatic carbocycles. The summed E-state index contributed by atoms with van der Waals surface area (Å²) in [7, 11) is -2.41. The first kappa shape index (κ1) is 13.6. The van der Waals surface area contributed by atoms with E-state index in [1.807, 2.05) is 12.1 Å². The normalized spacial score (nSPS) is 9.82. The third-order valence-electron chi connectivity index (χ3n) is 1.95. The van der Waals surface area contributed by atoms with Crippen molar-refractivity contribution in [2.45, 2.75) is 0 Å². The van der Waals surface area contributed by atoms with Crippen LogP contribution in [0.25, 0.3) is 11.1 Å². The Bertz CT molecular complexity index is 439. The molecule has 1 N–H and O–H groups in total. The summed E-state index contributed by atoms with van der Waals surface area (Å²) >= 11 is 3.77. The zero-order valence-electron chi connectivity index (χ0n) is 8.93. The molecule has 2 aromatic rings. The van der Waals surface area contributed by atoms with Gasteiger partial charge in [0.2, 0.25) is 0 Å². The minimum atomic E-state index is -2.41. The van der Waals surface area contributed by atoms with E-state index in [-0.39, 0.29) is 0 Å². The molecular formula is C12H11NO2PS+. The molecule has 0 saturated heterocycles. The largest absolute Gasteiger partial charge is 0.679 e. The number of hydrogen-bond donors (Lipinski definition) is 1. The van der Waals surface area contributed by atoms with Crippen molar-refractivity contribution in [3.8, 4) is 11.1 Å². The van der Waals surface area contributed by atoms with E-state index < -0.39 is 8.18 Å². The van der Waals surface area contributed by atoms with Gasteiger partial charge in [0, 0.05) is 4.57 Å². The predicted molar refractivity (Wildman–Crippen MR) is 71.5 cm³/mol. The molecule has 0 radical (unpaired) electrons. The lowest BCUT2D eigenvalue weighted by Gasteiger charge is -1.98. The third-order valence-corrected chi connectivity index (χ3v) is 2.51. The highest BCUT2D eigenvalue weighted by molar-refractivity contribution is 7.55. The van der Waals surface area contributed by atoms with Crippen LogP contribution in [0.4, 0.5) is 0 Å². The van der Waals surface area contributed by atoms with E-state index >= 15 is 0 Å². The number of nitrogens with zero attached hydrogens (tertiary/aromatic N) is 1. The molecule has 86 valence electrons. The lowest BCUT2D eigenvalue weighted by molar-refractivity contribution is 0.506. The highest BCUT2D eigenvalue weighted by Crippen LogP contribution is 2.17. The van der Waals surface area contributed by atoms with Crippen molar-refractivity contribution in [2.75, 3.05) is 0 Å². The molecule has 17 heavy (non-hydrogen) atoms. The predicted octanol–water partition coefficient (Wildman–Crippen LogP) is 3.72. The molecule has 2 rings (SSSR count). The van der Waals surface area contributed by atoms with Crippen molar-refractivity contribution in [1.82, 2.24) is 0 Å². The fourth-order valence-corrected chi connectivity index (χ4v) is 1.26. The molecule has 5 heteroatoms. The van der Waals surface area contributed by atoms with Gasteiger partial charge in [-0.05, 0) is 11.1 Å². The van der Waals surface area contributed by atoms with Crippen LogP contribution in [-0.2, 0) is 17.0 Å². The first-order chi connectivity index (χ1) is 8.24. The summed E-state index contributed by atoms with van der Waals surface area (Å²) in [4.78, 5) is 7.60. The van der Waals surface area contributed by atoms with E-state index in [9.17, 15) is 4.57 Å². The molecule has 0 aliphatic carbocycles. The summed E-state index contributed by atoms with van der Waals surface area (Å²) in [6, 6.07) is 20.8. The number of benzene rings is 2. The molecule has 0 amide bonds. The van der Waals surface area contributed by atoms with Gasteiger partial charge in [-0.2, -0.15) is 0 Å². The Morgan fingerprint density at radius 2 is 1.18 bits per heavy atom. The first-order valence-electron chi connectivity index (χ1n) is 4.84. The number of rotatable bonds is 2. The number of hydrogen-bond acceptors (Lipinski definition) is 2. The summed E-state index contributed by atoms with van der Waals surface area (Å²) < 4.78 is 11.8. The quantitative estimate of drug-likeness (QED) is 0.841. The average Bonchev–Trinajstić information content (AvgIpc) is 2.41. The second kappa shape index (κ2) is 7.74. The minimum Gasteiger partial charge on any atom is -0.138 e. The van der Waals surface area contributed by atoms with Crippen LogP contribution in [0.2, 0.25) is 0 Å². The standard InChI is InChI=1S/C12H10.NO2PS/c1-3-7-11(8-4-1)12-9-5-2-6-10-12;2-4(3)1-5/h1-10H;/p+1. The van der Waals surface area contributed by atoms with Crippen molar-refractivity contribution in [3.05, 3.63) is 60.7 Å². The lowest BCUT2D eigenvalue weighted by Crippen LogP contribution is -1.73. The van der Waals surface area contributed by atoms with Gasteiger partial charge in [-0.3, -0.25) is 0 Å². The van der Waals surface area contributed by atoms with Crippen LogP contribution in [-0.4, -0.2) is 4.89 Å². The van der Waals surface area contributed by atoms with E-state index in [0.717, 1.165) is 0 Å². The second-order valence-electron chi connectivity index (χ2n) is 3.07. The van der Waals surface area contributed by atoms with Gasteiger partial charge in [-0.25, -0.2) is 0 Å². The fraction of sp³-hybridized carbons (Fsp3) is 0. The van der Waals surface area contributed by atoms with Crippen molar-refractivity contribution in [2.24, 2.45) is 4.13 Å². The molecule has 0 heterocycles. The SMILES string of the molecule is O=[P+](O)N=S.c1ccc(-c2ccccc2)cc1. The molecule has 1 unspecified atom stereocenters. The Hall–Kier alpha value is -1.48. The minimum absolute atomic E-state index is 1.28. The molecule has 0 aliphatic rings. The van der Waals surface area contributed by atoms with Gasteiger partial charge in [0.25, 0.3) is 0 Å². The average molecular weight is 264 g/mol. The van der Waals surface area contributed by atoms with Gasteiger partial charge in [-0.15, -0.1) is 4.89 Å². The molecule has 0 bridgehead atoms. The second-order valence-corrected chi connectivity index (χ2v) is 4.23. The summed E-state index contributed by atoms with van der Waals surface area (Å²) in [6.07, 6.45) is 0. The molecule has 0 fully saturated rings. The zero-order chi connectivity index (χ0) is 12.5. The van der Waals surface area contributed by atoms with Crippen LogP contribution >= 0.6 is 8.18 Å². The Labute approximate surface area is 106 Å². The van der Waals surface area contributed by atoms with Crippen molar-refractivity contribution >= 4 is 20.6 Å². The van der Waals surface area contributed by atoms with Crippen LogP contribution in [0.1, 0.15) is 0 Å². The molecule has 0 spiro atoms. The van der Waals surface area contributed by atoms with E-state index in [0.29, 0.717) is 0 Å². The molecule has 0 aromatic heterocycles. The molecule has 0 aliphatic heterocycles. The molecule has 0 saturated carbocycles. The molecular weight excluding hydrogens is 253 g/mol. The van der Waals surface area contributed by atoms with Gasteiger partial charge < -0.3 is 0 Å². The first-order valence-corrected chi connectivity index (χ1v) is 6.37. The zero-order valence-corrected chi connectivity index (χ0v) is 10.6. The van der Waals surface area contributed by atoms with Crippen molar-refractivity contribution < 1.29 is 9.46 Å². The van der Waals surface area contributed by atoms with Gasteiger partial charge in [0.1, 0.15) is 0 Å². The van der Waals surface area contributed by atoms with Crippen LogP contribution in [0, 0.1) is 0 Å². The van der Waals surface area contributed by atoms with Gasteiger partial charge >= 0.3 is 8.18 Å². The van der Waals surface area contributed by atoms with E-state index in [2.05, 4.69) is 65.1 Å². The van der Waals surface area contributed by atoms with E-state index in [1.165, 1.54) is 11.1 Å². The monoisotopic (exact) mass is 264 g/mol. The highest BCUT2D eigenvalue weighted by atomic mass is 32.1. The fourth-order valence-electron chi connectivity index (χ4n) is 1.26. The highest BCUT2D eigenvalue weighted by Gasteiger charge is 2.00. The molecule has 1 atom stereocenters. The summed E-state index contributed by atoms with van der Waals surface area (Å²) in [5, 5.41) is 0. The maximum absolute atomic E-state index is 9.25. The smallest absolute Gasteiger partial charge is 0.138 e. The Balaban J connectivity index is 0.000000249. The molecule has 3 nitrogen and oxygen atoms in total. The topological polar surface area (TPSA) is 49.7 Å². The van der Waals surface area contributed by atoms with E-state index in [4.69, 9.17) is 4.89 Å². The maximum Gasteiger partial charge on any atom is 0.679 e. The van der Waals surface area contributed by atoms with Gasteiger partial charge in [-0.1, -0.05) is 60.7 Å². The van der Waals surface area contributed by atoms with Crippen LogP contribution in [0.5, 0.6) is 0 Å². The van der Waals surface area contributed by atoms with E-state index in [1.54, 1.807) is 0 Å². The van der Waals surface area contributed by atoms with Crippen LogP contribution in [0.3, 0.4) is 0 Å². The van der Waals surface area contributed by atoms with Crippen LogP contribution < -0.4 is 0 Å². The van der Waals surface area contributed by atoms with Gasteiger partial charge in [0.15, 0.2) is 0 Å². The summed E-state index contributed by atoms with van der Waals surface area (Å²) in [5.74, 6) is 0. The maximum atomic E-state index is 9.25. The summed E-state index contributed by atoms with van der Waals surface area (Å²) in [6.45, 7) is 0. The van der Waals surface area contributed by atoms with Crippen molar-refractivity contribution in [1.29, 1.82) is 0 Å². The van der Waals surface area contributed by atoms with Crippen molar-refractivity contribution in [3.63, 3.8) is 0 Å².